The fraction of sp³-hybridized carbons (Fsp3) is 0.571. The van der Waals surface area contributed by atoms with Crippen LogP contribution in [0.15, 0.2) is 18.2 Å². The van der Waals surface area contributed by atoms with Gasteiger partial charge >= 0.3 is 0 Å². The van der Waals surface area contributed by atoms with E-state index in [-0.39, 0.29) is 18.7 Å². The van der Waals surface area contributed by atoms with E-state index < -0.39 is 0 Å². The number of phenols is 1. The maximum absolute atomic E-state index is 9.83. The first-order valence-corrected chi connectivity index (χ1v) is 6.12. The zero-order valence-electron chi connectivity index (χ0n) is 11.1. The lowest BCUT2D eigenvalue weighted by atomic mass is 10.00. The molecular weight excluding hydrogens is 214 g/mol. The number of nitrogens with one attached hydrogen (secondary N) is 1. The van der Waals surface area contributed by atoms with E-state index in [1.165, 1.54) is 0 Å². The Morgan fingerprint density at radius 3 is 2.41 bits per heavy atom. The van der Waals surface area contributed by atoms with Crippen molar-refractivity contribution in [1.29, 1.82) is 0 Å². The summed E-state index contributed by atoms with van der Waals surface area (Å²) in [5.41, 5.74) is 2.00. The van der Waals surface area contributed by atoms with E-state index in [4.69, 9.17) is 0 Å². The Morgan fingerprint density at radius 1 is 1.24 bits per heavy atom. The van der Waals surface area contributed by atoms with Crippen LogP contribution in [0.5, 0.6) is 5.75 Å². The summed E-state index contributed by atoms with van der Waals surface area (Å²) in [5, 5.41) is 22.5. The van der Waals surface area contributed by atoms with Gasteiger partial charge in [0.1, 0.15) is 5.75 Å². The van der Waals surface area contributed by atoms with Crippen molar-refractivity contribution >= 4 is 0 Å². The predicted molar refractivity (Wildman–Crippen MR) is 70.1 cm³/mol. The summed E-state index contributed by atoms with van der Waals surface area (Å²) in [6, 6.07) is 5.64. The van der Waals surface area contributed by atoms with Gasteiger partial charge in [-0.1, -0.05) is 31.5 Å². The monoisotopic (exact) mass is 237 g/mol. The van der Waals surface area contributed by atoms with Crippen molar-refractivity contribution in [3.63, 3.8) is 0 Å². The first kappa shape index (κ1) is 14.0. The molecule has 0 aliphatic rings. The molecule has 0 aliphatic heterocycles. The fourth-order valence-electron chi connectivity index (χ4n) is 1.89. The number of benzene rings is 1. The summed E-state index contributed by atoms with van der Waals surface area (Å²) in [4.78, 5) is 0. The van der Waals surface area contributed by atoms with E-state index in [2.05, 4.69) is 19.2 Å². The molecule has 3 nitrogen and oxygen atoms in total. The minimum atomic E-state index is 0.0226. The zero-order chi connectivity index (χ0) is 13.0. The molecule has 3 heteroatoms. The Morgan fingerprint density at radius 2 is 1.88 bits per heavy atom. The third-order valence-corrected chi connectivity index (χ3v) is 3.12. The molecular formula is C14H23NO2. The van der Waals surface area contributed by atoms with Crippen LogP contribution in [-0.4, -0.2) is 22.9 Å². The SMILES string of the molecule is Cc1ccc(O)c(C(C)N[C@H](CO)C(C)C)c1. The van der Waals surface area contributed by atoms with Crippen molar-refractivity contribution < 1.29 is 10.2 Å². The van der Waals surface area contributed by atoms with Gasteiger partial charge in [0.05, 0.1) is 6.61 Å². The minimum absolute atomic E-state index is 0.0226. The number of hydrogen-bond acceptors (Lipinski definition) is 3. The lowest BCUT2D eigenvalue weighted by Gasteiger charge is -2.25. The summed E-state index contributed by atoms with van der Waals surface area (Å²) < 4.78 is 0. The molecule has 0 aromatic heterocycles. The Kier molecular flexibility index (Phi) is 4.97. The van der Waals surface area contributed by atoms with Gasteiger partial charge in [0, 0.05) is 17.6 Å². The maximum atomic E-state index is 9.83. The standard InChI is InChI=1S/C14H23NO2/c1-9(2)13(8-16)15-11(4)12-7-10(3)5-6-14(12)17/h5-7,9,11,13,15-17H,8H2,1-4H3/t11?,13-/m1/s1. The van der Waals surface area contributed by atoms with Crippen LogP contribution in [0.2, 0.25) is 0 Å². The van der Waals surface area contributed by atoms with Gasteiger partial charge in [-0.3, -0.25) is 0 Å². The van der Waals surface area contributed by atoms with Gasteiger partial charge in [0.15, 0.2) is 0 Å². The molecule has 1 aromatic carbocycles. The molecule has 3 N–H and O–H groups in total. The largest absolute Gasteiger partial charge is 0.508 e. The van der Waals surface area contributed by atoms with Gasteiger partial charge in [0.25, 0.3) is 0 Å². The van der Waals surface area contributed by atoms with Crippen molar-refractivity contribution in [2.45, 2.75) is 39.8 Å². The average Bonchev–Trinajstić information content (AvgIpc) is 2.28. The summed E-state index contributed by atoms with van der Waals surface area (Å²) in [6.07, 6.45) is 0. The average molecular weight is 237 g/mol. The third kappa shape index (κ3) is 3.72. The Bertz CT molecular complexity index is 363. The molecule has 0 saturated carbocycles. The highest BCUT2D eigenvalue weighted by Crippen LogP contribution is 2.25. The lowest BCUT2D eigenvalue weighted by molar-refractivity contribution is 0.201. The number of hydrogen-bond donors (Lipinski definition) is 3. The van der Waals surface area contributed by atoms with Crippen molar-refractivity contribution in [3.05, 3.63) is 29.3 Å². The molecule has 0 saturated heterocycles. The Balaban J connectivity index is 2.81. The Hall–Kier alpha value is -1.06. The van der Waals surface area contributed by atoms with Crippen LogP contribution in [0.25, 0.3) is 0 Å². The molecule has 1 unspecified atom stereocenters. The highest BCUT2D eigenvalue weighted by molar-refractivity contribution is 5.37. The van der Waals surface area contributed by atoms with Crippen LogP contribution in [0.3, 0.4) is 0 Å². The molecule has 0 fully saturated rings. The topological polar surface area (TPSA) is 52.5 Å². The number of aromatic hydroxyl groups is 1. The third-order valence-electron chi connectivity index (χ3n) is 3.12. The zero-order valence-corrected chi connectivity index (χ0v) is 11.1. The van der Waals surface area contributed by atoms with Crippen LogP contribution in [0.1, 0.15) is 37.9 Å². The van der Waals surface area contributed by atoms with Gasteiger partial charge in [-0.2, -0.15) is 0 Å². The number of phenolic OH excluding ortho intramolecular Hbond substituents is 1. The normalized spacial score (nSPS) is 14.9. The fourth-order valence-corrected chi connectivity index (χ4v) is 1.89. The highest BCUT2D eigenvalue weighted by Gasteiger charge is 2.17. The van der Waals surface area contributed by atoms with E-state index in [9.17, 15) is 10.2 Å². The van der Waals surface area contributed by atoms with Gasteiger partial charge in [-0.15, -0.1) is 0 Å². The first-order chi connectivity index (χ1) is 7.95. The molecule has 17 heavy (non-hydrogen) atoms. The highest BCUT2D eigenvalue weighted by atomic mass is 16.3. The number of rotatable bonds is 5. The van der Waals surface area contributed by atoms with E-state index in [0.717, 1.165) is 11.1 Å². The number of aryl methyl sites for hydroxylation is 1. The molecule has 0 amide bonds. The van der Waals surface area contributed by atoms with Gasteiger partial charge in [-0.05, 0) is 25.8 Å². The molecule has 2 atom stereocenters. The van der Waals surface area contributed by atoms with Crippen molar-refractivity contribution in [2.75, 3.05) is 6.61 Å². The minimum Gasteiger partial charge on any atom is -0.508 e. The van der Waals surface area contributed by atoms with E-state index in [0.29, 0.717) is 11.7 Å². The van der Waals surface area contributed by atoms with Crippen molar-refractivity contribution in [2.24, 2.45) is 5.92 Å². The molecule has 0 radical (unpaired) electrons. The second-order valence-electron chi connectivity index (χ2n) is 4.98. The van der Waals surface area contributed by atoms with Crippen LogP contribution >= 0.6 is 0 Å². The summed E-state index contributed by atoms with van der Waals surface area (Å²) in [6.45, 7) is 8.24. The number of aliphatic hydroxyl groups is 1. The van der Waals surface area contributed by atoms with Gasteiger partial charge in [-0.25, -0.2) is 0 Å². The quantitative estimate of drug-likeness (QED) is 0.737. The lowest BCUT2D eigenvalue weighted by Crippen LogP contribution is -2.38. The van der Waals surface area contributed by atoms with Gasteiger partial charge < -0.3 is 15.5 Å². The molecule has 0 bridgehead atoms. The van der Waals surface area contributed by atoms with E-state index in [1.807, 2.05) is 26.0 Å². The van der Waals surface area contributed by atoms with Crippen LogP contribution < -0.4 is 5.32 Å². The van der Waals surface area contributed by atoms with E-state index >= 15 is 0 Å². The second-order valence-corrected chi connectivity index (χ2v) is 4.98. The summed E-state index contributed by atoms with van der Waals surface area (Å²) >= 11 is 0. The molecule has 0 spiro atoms. The van der Waals surface area contributed by atoms with Crippen LogP contribution in [0, 0.1) is 12.8 Å². The Labute approximate surface area is 103 Å². The van der Waals surface area contributed by atoms with Crippen LogP contribution in [0.4, 0.5) is 0 Å². The van der Waals surface area contributed by atoms with Crippen LogP contribution in [-0.2, 0) is 0 Å². The smallest absolute Gasteiger partial charge is 0.120 e. The molecule has 0 aliphatic carbocycles. The molecule has 1 rings (SSSR count). The molecule has 1 aromatic rings. The summed E-state index contributed by atoms with van der Waals surface area (Å²) in [7, 11) is 0. The van der Waals surface area contributed by atoms with E-state index in [1.54, 1.807) is 6.07 Å². The number of aliphatic hydroxyl groups excluding tert-OH is 1. The van der Waals surface area contributed by atoms with Crippen molar-refractivity contribution in [3.8, 4) is 5.75 Å². The maximum Gasteiger partial charge on any atom is 0.120 e. The predicted octanol–water partition coefficient (Wildman–Crippen LogP) is 2.37. The molecule has 0 heterocycles. The first-order valence-electron chi connectivity index (χ1n) is 6.12. The van der Waals surface area contributed by atoms with Gasteiger partial charge in [0.2, 0.25) is 0 Å². The summed E-state index contributed by atoms with van der Waals surface area (Å²) in [5.74, 6) is 0.658. The second kappa shape index (κ2) is 6.03. The molecule has 96 valence electrons. The van der Waals surface area contributed by atoms with Crippen molar-refractivity contribution in [1.82, 2.24) is 5.32 Å².